The van der Waals surface area contributed by atoms with E-state index in [4.69, 9.17) is 23.2 Å². The predicted molar refractivity (Wildman–Crippen MR) is 76.6 cm³/mol. The van der Waals surface area contributed by atoms with E-state index in [0.717, 1.165) is 11.1 Å². The highest BCUT2D eigenvalue weighted by molar-refractivity contribution is 6.42. The molecule has 0 fully saturated rings. The van der Waals surface area contributed by atoms with Crippen LogP contribution in [-0.2, 0) is 6.54 Å². The van der Waals surface area contributed by atoms with Crippen molar-refractivity contribution < 1.29 is 0 Å². The van der Waals surface area contributed by atoms with Crippen molar-refractivity contribution in [2.75, 3.05) is 0 Å². The summed E-state index contributed by atoms with van der Waals surface area (Å²) >= 11 is 11.9. The molecule has 3 aromatic rings. The molecule has 0 atom stereocenters. The highest BCUT2D eigenvalue weighted by Crippen LogP contribution is 2.22. The fourth-order valence-corrected chi connectivity index (χ4v) is 2.04. The van der Waals surface area contributed by atoms with E-state index >= 15 is 0 Å². The highest BCUT2D eigenvalue weighted by atomic mass is 35.5. The summed E-state index contributed by atoms with van der Waals surface area (Å²) in [5.74, 6) is 0.540. The Morgan fingerprint density at radius 3 is 2.75 bits per heavy atom. The third-order valence-electron chi connectivity index (χ3n) is 2.68. The molecule has 0 saturated carbocycles. The summed E-state index contributed by atoms with van der Waals surface area (Å²) in [7, 11) is 0. The maximum Gasteiger partial charge on any atom is 0.206 e. The molecular formula is C13H9Cl2N5. The number of pyridine rings is 1. The zero-order chi connectivity index (χ0) is 13.9. The molecule has 1 aromatic carbocycles. The van der Waals surface area contributed by atoms with Gasteiger partial charge in [-0.2, -0.15) is 4.80 Å². The van der Waals surface area contributed by atoms with Gasteiger partial charge in [0, 0.05) is 18.0 Å². The second-order valence-corrected chi connectivity index (χ2v) is 4.95. The van der Waals surface area contributed by atoms with Gasteiger partial charge in [-0.15, -0.1) is 10.2 Å². The first kappa shape index (κ1) is 13.0. The Bertz CT molecular complexity index is 727. The van der Waals surface area contributed by atoms with Crippen molar-refractivity contribution in [3.8, 4) is 11.4 Å². The second-order valence-electron chi connectivity index (χ2n) is 4.13. The summed E-state index contributed by atoms with van der Waals surface area (Å²) < 4.78 is 0. The normalized spacial score (nSPS) is 10.7. The molecule has 3 rings (SSSR count). The van der Waals surface area contributed by atoms with Gasteiger partial charge in [0.25, 0.3) is 0 Å². The smallest absolute Gasteiger partial charge is 0.206 e. The number of hydrogen-bond donors (Lipinski definition) is 0. The summed E-state index contributed by atoms with van der Waals surface area (Å²) in [6, 6.07) is 9.12. The van der Waals surface area contributed by atoms with E-state index in [-0.39, 0.29) is 0 Å². The third-order valence-corrected chi connectivity index (χ3v) is 3.42. The number of benzene rings is 1. The van der Waals surface area contributed by atoms with Gasteiger partial charge in [0.1, 0.15) is 0 Å². The molecule has 2 heterocycles. The zero-order valence-corrected chi connectivity index (χ0v) is 11.8. The first-order chi connectivity index (χ1) is 9.72. The van der Waals surface area contributed by atoms with Crippen LogP contribution in [0.15, 0.2) is 42.7 Å². The Labute approximate surface area is 125 Å². The summed E-state index contributed by atoms with van der Waals surface area (Å²) in [5, 5.41) is 13.4. The largest absolute Gasteiger partial charge is 0.264 e. The van der Waals surface area contributed by atoms with Crippen LogP contribution in [0.5, 0.6) is 0 Å². The summed E-state index contributed by atoms with van der Waals surface area (Å²) in [5.41, 5.74) is 1.78. The minimum atomic E-state index is 0.476. The van der Waals surface area contributed by atoms with Crippen molar-refractivity contribution in [1.82, 2.24) is 25.2 Å². The summed E-state index contributed by atoms with van der Waals surface area (Å²) in [4.78, 5) is 5.53. The first-order valence-electron chi connectivity index (χ1n) is 5.84. The maximum absolute atomic E-state index is 5.98. The summed E-state index contributed by atoms with van der Waals surface area (Å²) in [6.07, 6.45) is 3.39. The Morgan fingerprint density at radius 1 is 1.10 bits per heavy atom. The molecule has 0 aliphatic carbocycles. The van der Waals surface area contributed by atoms with Crippen molar-refractivity contribution in [3.63, 3.8) is 0 Å². The third kappa shape index (κ3) is 2.79. The van der Waals surface area contributed by atoms with Crippen molar-refractivity contribution >= 4 is 23.2 Å². The number of tetrazole rings is 1. The Balaban J connectivity index is 1.82. The molecule has 0 spiro atoms. The molecule has 0 bridgehead atoms. The SMILES string of the molecule is Clc1ccc(Cn2nnc(-c3cccnc3)n2)cc1Cl. The number of aromatic nitrogens is 5. The first-order valence-corrected chi connectivity index (χ1v) is 6.60. The zero-order valence-electron chi connectivity index (χ0n) is 10.2. The number of nitrogens with zero attached hydrogens (tertiary/aromatic N) is 5. The van der Waals surface area contributed by atoms with Crippen LogP contribution in [0.3, 0.4) is 0 Å². The average Bonchev–Trinajstić information content (AvgIpc) is 2.92. The number of hydrogen-bond acceptors (Lipinski definition) is 4. The predicted octanol–water partition coefficient (Wildman–Crippen LogP) is 3.09. The Morgan fingerprint density at radius 2 is 2.00 bits per heavy atom. The quantitative estimate of drug-likeness (QED) is 0.746. The molecule has 20 heavy (non-hydrogen) atoms. The van der Waals surface area contributed by atoms with Gasteiger partial charge in [-0.1, -0.05) is 29.3 Å². The van der Waals surface area contributed by atoms with E-state index < -0.39 is 0 Å². The molecule has 0 saturated heterocycles. The fourth-order valence-electron chi connectivity index (χ4n) is 1.72. The highest BCUT2D eigenvalue weighted by Gasteiger charge is 2.07. The van der Waals surface area contributed by atoms with E-state index in [1.54, 1.807) is 24.5 Å². The van der Waals surface area contributed by atoms with Crippen LogP contribution in [0, 0.1) is 0 Å². The Kier molecular flexibility index (Phi) is 3.62. The minimum Gasteiger partial charge on any atom is -0.264 e. The molecule has 0 aliphatic heterocycles. The monoisotopic (exact) mass is 305 g/mol. The molecule has 2 aromatic heterocycles. The number of rotatable bonds is 3. The van der Waals surface area contributed by atoms with Gasteiger partial charge in [0.2, 0.25) is 5.82 Å². The molecule has 100 valence electrons. The van der Waals surface area contributed by atoms with E-state index in [1.807, 2.05) is 18.2 Å². The molecule has 0 amide bonds. The molecule has 0 N–H and O–H groups in total. The van der Waals surface area contributed by atoms with Gasteiger partial charge in [-0.3, -0.25) is 4.98 Å². The van der Waals surface area contributed by atoms with E-state index in [1.165, 1.54) is 4.80 Å². The van der Waals surface area contributed by atoms with E-state index in [0.29, 0.717) is 22.4 Å². The number of halogens is 2. The fraction of sp³-hybridized carbons (Fsp3) is 0.0769. The van der Waals surface area contributed by atoms with Crippen molar-refractivity contribution in [1.29, 1.82) is 0 Å². The lowest BCUT2D eigenvalue weighted by molar-refractivity contribution is 0.573. The lowest BCUT2D eigenvalue weighted by atomic mass is 10.2. The van der Waals surface area contributed by atoms with Crippen molar-refractivity contribution in [2.24, 2.45) is 0 Å². The average molecular weight is 306 g/mol. The van der Waals surface area contributed by atoms with Gasteiger partial charge >= 0.3 is 0 Å². The topological polar surface area (TPSA) is 56.5 Å². The van der Waals surface area contributed by atoms with Gasteiger partial charge in [-0.05, 0) is 35.0 Å². The van der Waals surface area contributed by atoms with Crippen LogP contribution in [0.25, 0.3) is 11.4 Å². The van der Waals surface area contributed by atoms with Gasteiger partial charge in [0.15, 0.2) is 0 Å². The maximum atomic E-state index is 5.98. The van der Waals surface area contributed by atoms with Crippen LogP contribution in [0.4, 0.5) is 0 Å². The molecule has 7 heteroatoms. The second kappa shape index (κ2) is 5.56. The van der Waals surface area contributed by atoms with Crippen LogP contribution < -0.4 is 0 Å². The lowest BCUT2D eigenvalue weighted by Crippen LogP contribution is -2.04. The molecule has 0 aliphatic rings. The van der Waals surface area contributed by atoms with Crippen molar-refractivity contribution in [3.05, 3.63) is 58.3 Å². The summed E-state index contributed by atoms with van der Waals surface area (Å²) in [6.45, 7) is 0.476. The Hall–Kier alpha value is -1.98. The van der Waals surface area contributed by atoms with Gasteiger partial charge < -0.3 is 0 Å². The van der Waals surface area contributed by atoms with Gasteiger partial charge in [0.05, 0.1) is 16.6 Å². The molecule has 5 nitrogen and oxygen atoms in total. The van der Waals surface area contributed by atoms with Crippen LogP contribution in [0.2, 0.25) is 10.0 Å². The minimum absolute atomic E-state index is 0.476. The molecule has 0 unspecified atom stereocenters. The van der Waals surface area contributed by atoms with Crippen LogP contribution in [-0.4, -0.2) is 25.2 Å². The van der Waals surface area contributed by atoms with E-state index in [9.17, 15) is 0 Å². The standard InChI is InChI=1S/C13H9Cl2N5/c14-11-4-3-9(6-12(11)15)8-20-18-13(17-19-20)10-2-1-5-16-7-10/h1-7H,8H2. The molecular weight excluding hydrogens is 297 g/mol. The van der Waals surface area contributed by atoms with Gasteiger partial charge in [-0.25, -0.2) is 0 Å². The van der Waals surface area contributed by atoms with E-state index in [2.05, 4.69) is 20.4 Å². The van der Waals surface area contributed by atoms with Crippen LogP contribution in [0.1, 0.15) is 5.56 Å². The lowest BCUT2D eigenvalue weighted by Gasteiger charge is -2.01. The van der Waals surface area contributed by atoms with Crippen LogP contribution >= 0.6 is 23.2 Å². The molecule has 0 radical (unpaired) electrons. The van der Waals surface area contributed by atoms with Crippen molar-refractivity contribution in [2.45, 2.75) is 6.54 Å².